The Morgan fingerprint density at radius 3 is 2.75 bits per heavy atom. The van der Waals surface area contributed by atoms with E-state index in [0.29, 0.717) is 23.5 Å². The Labute approximate surface area is 162 Å². The van der Waals surface area contributed by atoms with Crippen molar-refractivity contribution in [3.05, 3.63) is 89.6 Å². The molecule has 5 nitrogen and oxygen atoms in total. The van der Waals surface area contributed by atoms with Crippen molar-refractivity contribution < 1.29 is 9.18 Å². The Hall–Kier alpha value is -3.67. The monoisotopic (exact) mass is 374 g/mol. The van der Waals surface area contributed by atoms with Crippen LogP contribution in [0.15, 0.2) is 67.1 Å². The molecule has 1 aliphatic rings. The number of hydrogen-bond donors (Lipinski definition) is 3. The van der Waals surface area contributed by atoms with E-state index in [0.717, 1.165) is 22.4 Å². The van der Waals surface area contributed by atoms with Crippen molar-refractivity contribution in [1.29, 1.82) is 0 Å². The number of benzene rings is 2. The smallest absolute Gasteiger partial charge is 0.257 e. The standard InChI is InChI=1S/C22H19FN4O/c1-14-3-2-4-20-21(14)17(22(28)27-20)13-25-16-5-6-19(18(23)11-16)26-12-15-7-9-24-10-8-15/h2-11,13,25-26H,12H2,1H3,(H,27,28). The predicted molar refractivity (Wildman–Crippen MR) is 109 cm³/mol. The maximum Gasteiger partial charge on any atom is 0.257 e. The summed E-state index contributed by atoms with van der Waals surface area (Å²) in [6, 6.07) is 14.3. The molecule has 1 aliphatic heterocycles. The highest BCUT2D eigenvalue weighted by Gasteiger charge is 2.25. The van der Waals surface area contributed by atoms with Crippen LogP contribution in [0, 0.1) is 12.7 Å². The molecular formula is C22H19FN4O. The number of fused-ring (bicyclic) bond motifs is 1. The maximum absolute atomic E-state index is 14.4. The minimum Gasteiger partial charge on any atom is -0.379 e. The topological polar surface area (TPSA) is 66.0 Å². The molecule has 0 fully saturated rings. The molecule has 1 amide bonds. The molecule has 0 saturated heterocycles. The Morgan fingerprint density at radius 1 is 1.14 bits per heavy atom. The minimum atomic E-state index is -0.370. The number of rotatable bonds is 5. The van der Waals surface area contributed by atoms with Gasteiger partial charge in [-0.2, -0.15) is 0 Å². The minimum absolute atomic E-state index is 0.173. The van der Waals surface area contributed by atoms with Gasteiger partial charge in [0.2, 0.25) is 0 Å². The number of hydrogen-bond acceptors (Lipinski definition) is 4. The van der Waals surface area contributed by atoms with Crippen molar-refractivity contribution in [3.8, 4) is 0 Å². The average Bonchev–Trinajstić information content (AvgIpc) is 3.03. The van der Waals surface area contributed by atoms with E-state index in [2.05, 4.69) is 20.9 Å². The highest BCUT2D eigenvalue weighted by atomic mass is 19.1. The number of carbonyl (C=O) groups is 1. The van der Waals surface area contributed by atoms with Gasteiger partial charge in [-0.15, -0.1) is 0 Å². The van der Waals surface area contributed by atoms with Crippen LogP contribution >= 0.6 is 0 Å². The van der Waals surface area contributed by atoms with Crippen molar-refractivity contribution in [3.63, 3.8) is 0 Å². The zero-order valence-electron chi connectivity index (χ0n) is 15.3. The summed E-state index contributed by atoms with van der Waals surface area (Å²) in [5, 5.41) is 8.94. The first kappa shape index (κ1) is 17.7. The number of pyridine rings is 1. The van der Waals surface area contributed by atoms with E-state index in [1.54, 1.807) is 30.7 Å². The van der Waals surface area contributed by atoms with Crippen LogP contribution in [0.3, 0.4) is 0 Å². The summed E-state index contributed by atoms with van der Waals surface area (Å²) in [4.78, 5) is 16.2. The van der Waals surface area contributed by atoms with Crippen LogP contribution in [0.5, 0.6) is 0 Å². The van der Waals surface area contributed by atoms with Crippen LogP contribution in [0.4, 0.5) is 21.5 Å². The second kappa shape index (κ2) is 7.52. The van der Waals surface area contributed by atoms with Gasteiger partial charge >= 0.3 is 0 Å². The molecule has 0 radical (unpaired) electrons. The van der Waals surface area contributed by atoms with Crippen LogP contribution in [0.1, 0.15) is 16.7 Å². The number of aromatic nitrogens is 1. The first-order valence-corrected chi connectivity index (χ1v) is 8.92. The van der Waals surface area contributed by atoms with Crippen LogP contribution in [0.2, 0.25) is 0 Å². The zero-order valence-corrected chi connectivity index (χ0v) is 15.3. The number of carbonyl (C=O) groups excluding carboxylic acids is 1. The summed E-state index contributed by atoms with van der Waals surface area (Å²) < 4.78 is 14.4. The lowest BCUT2D eigenvalue weighted by molar-refractivity contribution is -0.110. The number of amides is 1. The largest absolute Gasteiger partial charge is 0.379 e. The maximum atomic E-state index is 14.4. The van der Waals surface area contributed by atoms with E-state index in [1.165, 1.54) is 6.07 Å². The third-order valence-electron chi connectivity index (χ3n) is 4.62. The molecular weight excluding hydrogens is 355 g/mol. The Morgan fingerprint density at radius 2 is 1.96 bits per heavy atom. The fourth-order valence-electron chi connectivity index (χ4n) is 3.17. The third-order valence-corrected chi connectivity index (χ3v) is 4.62. The SMILES string of the molecule is Cc1cccc2c1C(=CNc1ccc(NCc3ccncc3)c(F)c1)C(=O)N2. The van der Waals surface area contributed by atoms with Crippen LogP contribution < -0.4 is 16.0 Å². The molecule has 4 rings (SSSR count). The Kier molecular flexibility index (Phi) is 4.76. The van der Waals surface area contributed by atoms with Crippen LogP contribution in [-0.4, -0.2) is 10.9 Å². The van der Waals surface area contributed by atoms with Gasteiger partial charge in [-0.1, -0.05) is 12.1 Å². The highest BCUT2D eigenvalue weighted by Crippen LogP contribution is 2.34. The molecule has 0 atom stereocenters. The number of halogens is 1. The van der Waals surface area contributed by atoms with Gasteiger partial charge in [0.05, 0.1) is 11.3 Å². The first-order chi connectivity index (χ1) is 13.6. The van der Waals surface area contributed by atoms with Gasteiger partial charge in [0.25, 0.3) is 5.91 Å². The van der Waals surface area contributed by atoms with E-state index in [1.807, 2.05) is 37.3 Å². The van der Waals surface area contributed by atoms with Crippen molar-refractivity contribution in [2.75, 3.05) is 16.0 Å². The van der Waals surface area contributed by atoms with Crippen molar-refractivity contribution in [2.24, 2.45) is 0 Å². The van der Waals surface area contributed by atoms with Gasteiger partial charge in [0.1, 0.15) is 5.82 Å². The van der Waals surface area contributed by atoms with Gasteiger partial charge in [-0.05, 0) is 54.4 Å². The molecule has 0 saturated carbocycles. The molecule has 0 aliphatic carbocycles. The summed E-state index contributed by atoms with van der Waals surface area (Å²) in [6.45, 7) is 2.46. The molecule has 6 heteroatoms. The van der Waals surface area contributed by atoms with Crippen molar-refractivity contribution in [1.82, 2.24) is 4.98 Å². The fraction of sp³-hybridized carbons (Fsp3) is 0.0909. The van der Waals surface area contributed by atoms with Gasteiger partial charge in [-0.3, -0.25) is 9.78 Å². The lowest BCUT2D eigenvalue weighted by Gasteiger charge is -2.10. The third kappa shape index (κ3) is 3.57. The molecule has 0 bridgehead atoms. The van der Waals surface area contributed by atoms with Crippen molar-refractivity contribution in [2.45, 2.75) is 13.5 Å². The molecule has 3 aromatic rings. The normalized spacial score (nSPS) is 13.9. The van der Waals surface area contributed by atoms with E-state index in [4.69, 9.17) is 0 Å². The molecule has 2 aromatic carbocycles. The quantitative estimate of drug-likeness (QED) is 0.574. The number of nitrogens with zero attached hydrogens (tertiary/aromatic N) is 1. The summed E-state index contributed by atoms with van der Waals surface area (Å²) in [7, 11) is 0. The van der Waals surface area contributed by atoms with E-state index >= 15 is 0 Å². The van der Waals surface area contributed by atoms with Crippen molar-refractivity contribution >= 4 is 28.5 Å². The number of anilines is 3. The van der Waals surface area contributed by atoms with Crippen LogP contribution in [-0.2, 0) is 11.3 Å². The van der Waals surface area contributed by atoms with E-state index < -0.39 is 0 Å². The van der Waals surface area contributed by atoms with Gasteiger partial charge < -0.3 is 16.0 Å². The first-order valence-electron chi connectivity index (χ1n) is 8.92. The lowest BCUT2D eigenvalue weighted by atomic mass is 10.0. The molecule has 3 N–H and O–H groups in total. The van der Waals surface area contributed by atoms with E-state index in [-0.39, 0.29) is 11.7 Å². The fourth-order valence-corrected chi connectivity index (χ4v) is 3.17. The van der Waals surface area contributed by atoms with E-state index in [9.17, 15) is 9.18 Å². The second-order valence-corrected chi connectivity index (χ2v) is 6.56. The zero-order chi connectivity index (χ0) is 19.5. The summed E-state index contributed by atoms with van der Waals surface area (Å²) in [5.74, 6) is -0.544. The molecule has 2 heterocycles. The Bertz CT molecular complexity index is 1060. The molecule has 0 spiro atoms. The number of nitrogens with one attached hydrogen (secondary N) is 3. The molecule has 1 aromatic heterocycles. The predicted octanol–water partition coefficient (Wildman–Crippen LogP) is 4.55. The molecule has 0 unspecified atom stereocenters. The lowest BCUT2D eigenvalue weighted by Crippen LogP contribution is -2.05. The molecule has 140 valence electrons. The summed E-state index contributed by atoms with van der Waals surface area (Å²) in [5.41, 5.74) is 5.20. The highest BCUT2D eigenvalue weighted by molar-refractivity contribution is 6.32. The Balaban J connectivity index is 1.49. The van der Waals surface area contributed by atoms with Gasteiger partial charge in [-0.25, -0.2) is 4.39 Å². The second-order valence-electron chi connectivity index (χ2n) is 6.56. The molecule has 28 heavy (non-hydrogen) atoms. The summed E-state index contributed by atoms with van der Waals surface area (Å²) in [6.07, 6.45) is 5.02. The van der Waals surface area contributed by atoms with Gasteiger partial charge in [0.15, 0.2) is 0 Å². The summed E-state index contributed by atoms with van der Waals surface area (Å²) >= 11 is 0. The van der Waals surface area contributed by atoms with Gasteiger partial charge in [0, 0.05) is 42.1 Å². The average molecular weight is 374 g/mol. The van der Waals surface area contributed by atoms with Crippen LogP contribution in [0.25, 0.3) is 5.57 Å². The number of aryl methyl sites for hydroxylation is 1.